The average Bonchev–Trinajstić information content (AvgIpc) is 3.56. The highest BCUT2D eigenvalue weighted by molar-refractivity contribution is 7.21. The summed E-state index contributed by atoms with van der Waals surface area (Å²) in [6, 6.07) is 14.7. The zero-order valence-electron chi connectivity index (χ0n) is 18.2. The van der Waals surface area contributed by atoms with E-state index >= 15 is 0 Å². The van der Waals surface area contributed by atoms with E-state index in [4.69, 9.17) is 0 Å². The predicted molar refractivity (Wildman–Crippen MR) is 126 cm³/mol. The number of nitrogens with one attached hydrogen (secondary N) is 1. The minimum Gasteiger partial charge on any atom is -0.354 e. The number of benzene rings is 2. The third-order valence-corrected chi connectivity index (χ3v) is 8.38. The van der Waals surface area contributed by atoms with Crippen molar-refractivity contribution in [2.24, 2.45) is 0 Å². The van der Waals surface area contributed by atoms with E-state index in [2.05, 4.69) is 11.4 Å². The lowest BCUT2D eigenvalue weighted by molar-refractivity contribution is -0.136. The first kappa shape index (κ1) is 21.1. The molecule has 4 nitrogen and oxygen atoms in total. The van der Waals surface area contributed by atoms with Gasteiger partial charge < -0.3 is 10.2 Å². The molecule has 0 spiro atoms. The fourth-order valence-electron chi connectivity index (χ4n) is 5.63. The Kier molecular flexibility index (Phi) is 5.49. The first-order chi connectivity index (χ1) is 15.5. The Bertz CT molecular complexity index is 1180. The molecule has 6 heteroatoms. The molecule has 3 aromatic rings. The van der Waals surface area contributed by atoms with E-state index in [0.717, 1.165) is 58.2 Å². The molecule has 2 amide bonds. The van der Waals surface area contributed by atoms with Gasteiger partial charge in [-0.25, -0.2) is 4.39 Å². The Morgan fingerprint density at radius 3 is 2.66 bits per heavy atom. The van der Waals surface area contributed by atoms with Crippen molar-refractivity contribution in [3.8, 4) is 0 Å². The zero-order chi connectivity index (χ0) is 22.3. The quantitative estimate of drug-likeness (QED) is 0.592. The van der Waals surface area contributed by atoms with Crippen LogP contribution < -0.4 is 5.32 Å². The van der Waals surface area contributed by atoms with E-state index in [0.29, 0.717) is 13.1 Å². The van der Waals surface area contributed by atoms with Gasteiger partial charge in [-0.15, -0.1) is 11.3 Å². The van der Waals surface area contributed by atoms with Crippen LogP contribution in [0.4, 0.5) is 4.39 Å². The number of thiophene rings is 1. The lowest BCUT2D eigenvalue weighted by Crippen LogP contribution is -2.44. The van der Waals surface area contributed by atoms with Crippen LogP contribution in [0, 0.1) is 5.82 Å². The van der Waals surface area contributed by atoms with Crippen LogP contribution in [0.3, 0.4) is 0 Å². The van der Waals surface area contributed by atoms with Crippen LogP contribution in [-0.4, -0.2) is 36.9 Å². The van der Waals surface area contributed by atoms with Crippen LogP contribution in [0.5, 0.6) is 0 Å². The largest absolute Gasteiger partial charge is 0.354 e. The molecule has 0 bridgehead atoms. The summed E-state index contributed by atoms with van der Waals surface area (Å²) in [6.45, 7) is 1.26. The maximum atomic E-state index is 14.0. The van der Waals surface area contributed by atoms with E-state index in [1.54, 1.807) is 13.1 Å². The van der Waals surface area contributed by atoms with E-state index in [9.17, 15) is 14.0 Å². The Labute approximate surface area is 191 Å². The second-order valence-electron chi connectivity index (χ2n) is 8.96. The van der Waals surface area contributed by atoms with E-state index in [1.165, 1.54) is 23.5 Å². The van der Waals surface area contributed by atoms with E-state index < -0.39 is 5.41 Å². The average molecular weight is 451 g/mol. The van der Waals surface area contributed by atoms with Gasteiger partial charge in [-0.1, -0.05) is 43.2 Å². The number of likely N-dealkylation sites (tertiary alicyclic amines) is 1. The summed E-state index contributed by atoms with van der Waals surface area (Å²) in [7, 11) is 1.66. The van der Waals surface area contributed by atoms with E-state index in [-0.39, 0.29) is 23.5 Å². The predicted octanol–water partition coefficient (Wildman–Crippen LogP) is 5.23. The second kappa shape index (κ2) is 8.32. The van der Waals surface area contributed by atoms with Crippen molar-refractivity contribution in [2.75, 3.05) is 20.1 Å². The Morgan fingerprint density at radius 2 is 1.91 bits per heavy atom. The fourth-order valence-corrected chi connectivity index (χ4v) is 6.86. The van der Waals surface area contributed by atoms with Crippen LogP contribution in [0.25, 0.3) is 10.1 Å². The van der Waals surface area contributed by atoms with Crippen molar-refractivity contribution in [3.05, 3.63) is 70.4 Å². The molecule has 1 N–H and O–H groups in total. The van der Waals surface area contributed by atoms with Gasteiger partial charge in [-0.3, -0.25) is 9.59 Å². The highest BCUT2D eigenvalue weighted by Gasteiger charge is 2.46. The van der Waals surface area contributed by atoms with Gasteiger partial charge in [0.25, 0.3) is 5.91 Å². The van der Waals surface area contributed by atoms with Crippen molar-refractivity contribution >= 4 is 33.2 Å². The van der Waals surface area contributed by atoms with Gasteiger partial charge in [0.1, 0.15) is 5.82 Å². The van der Waals surface area contributed by atoms with Crippen molar-refractivity contribution in [3.63, 3.8) is 0 Å². The topological polar surface area (TPSA) is 49.4 Å². The highest BCUT2D eigenvalue weighted by atomic mass is 32.1. The molecule has 1 aromatic heterocycles. The zero-order valence-corrected chi connectivity index (χ0v) is 19.0. The number of halogens is 1. The van der Waals surface area contributed by atoms with Gasteiger partial charge in [0.15, 0.2) is 0 Å². The number of amides is 2. The highest BCUT2D eigenvalue weighted by Crippen LogP contribution is 2.45. The Balaban J connectivity index is 1.47. The van der Waals surface area contributed by atoms with Gasteiger partial charge in [-0.2, -0.15) is 0 Å². The molecule has 2 fully saturated rings. The van der Waals surface area contributed by atoms with Gasteiger partial charge >= 0.3 is 0 Å². The first-order valence-electron chi connectivity index (χ1n) is 11.3. The summed E-state index contributed by atoms with van der Waals surface area (Å²) >= 11 is 1.52. The van der Waals surface area contributed by atoms with Crippen LogP contribution in [0.2, 0.25) is 0 Å². The molecule has 2 aliphatic rings. The molecule has 1 saturated heterocycles. The first-order valence-corrected chi connectivity index (χ1v) is 12.1. The van der Waals surface area contributed by atoms with Crippen molar-refractivity contribution in [1.29, 1.82) is 0 Å². The lowest BCUT2D eigenvalue weighted by Gasteiger charge is -2.33. The van der Waals surface area contributed by atoms with Crippen LogP contribution in [-0.2, 0) is 10.2 Å². The molecule has 2 aromatic carbocycles. The molecule has 1 aliphatic heterocycles. The number of fused-ring (bicyclic) bond motifs is 1. The smallest absolute Gasteiger partial charge is 0.261 e. The molecule has 5 rings (SSSR count). The van der Waals surface area contributed by atoms with Crippen molar-refractivity contribution in [1.82, 2.24) is 10.2 Å². The van der Waals surface area contributed by atoms with Gasteiger partial charge in [0.2, 0.25) is 5.91 Å². The van der Waals surface area contributed by atoms with Crippen LogP contribution >= 0.6 is 11.3 Å². The number of nitrogens with zero attached hydrogens (tertiary/aromatic N) is 1. The molecule has 32 heavy (non-hydrogen) atoms. The SMILES string of the molecule is CNC(=O)c1sc2ccccc2c1C1CCN(C(=O)C2(c3cccc(F)c3)CCCC2)C1. The monoisotopic (exact) mass is 450 g/mol. The Hall–Kier alpha value is -2.73. The van der Waals surface area contributed by atoms with Crippen molar-refractivity contribution < 1.29 is 14.0 Å². The summed E-state index contributed by atoms with van der Waals surface area (Å²) in [5.74, 6) is -0.128. The van der Waals surface area contributed by atoms with E-state index in [1.807, 2.05) is 29.2 Å². The number of hydrogen-bond acceptors (Lipinski definition) is 3. The molecule has 1 saturated carbocycles. The minimum atomic E-state index is -0.628. The minimum absolute atomic E-state index is 0.0713. The molecule has 1 aliphatic carbocycles. The molecular formula is C26H27FN2O2S. The van der Waals surface area contributed by atoms with Crippen LogP contribution in [0.15, 0.2) is 48.5 Å². The van der Waals surface area contributed by atoms with Crippen LogP contribution in [0.1, 0.15) is 58.8 Å². The van der Waals surface area contributed by atoms with Crippen molar-refractivity contribution in [2.45, 2.75) is 43.4 Å². The normalized spacial score (nSPS) is 20.1. The number of carbonyl (C=O) groups excluding carboxylic acids is 2. The second-order valence-corrected chi connectivity index (χ2v) is 10.0. The molecule has 166 valence electrons. The summed E-state index contributed by atoms with van der Waals surface area (Å²) in [6.07, 6.45) is 4.32. The molecular weight excluding hydrogens is 423 g/mol. The van der Waals surface area contributed by atoms with Gasteiger partial charge in [0.05, 0.1) is 10.3 Å². The summed E-state index contributed by atoms with van der Waals surface area (Å²) in [5, 5.41) is 3.88. The molecule has 0 radical (unpaired) electrons. The maximum absolute atomic E-state index is 14.0. The maximum Gasteiger partial charge on any atom is 0.261 e. The van der Waals surface area contributed by atoms with Gasteiger partial charge in [0, 0.05) is 30.8 Å². The number of rotatable bonds is 4. The third-order valence-electron chi connectivity index (χ3n) is 7.19. The summed E-state index contributed by atoms with van der Waals surface area (Å²) in [5.41, 5.74) is 1.24. The fraction of sp³-hybridized carbons (Fsp3) is 0.385. The standard InChI is InChI=1S/C26H27FN2O2S/c1-28-24(30)23-22(20-9-2-3-10-21(20)32-23)17-11-14-29(16-17)25(31)26(12-4-5-13-26)18-7-6-8-19(27)15-18/h2-3,6-10,15,17H,4-5,11-14,16H2,1H3,(H,28,30). The summed E-state index contributed by atoms with van der Waals surface area (Å²) in [4.78, 5) is 29.2. The number of hydrogen-bond donors (Lipinski definition) is 1. The third kappa shape index (κ3) is 3.41. The Morgan fingerprint density at radius 1 is 1.12 bits per heavy atom. The molecule has 1 unspecified atom stereocenters. The van der Waals surface area contributed by atoms with Gasteiger partial charge in [-0.05, 0) is 54.0 Å². The lowest BCUT2D eigenvalue weighted by atomic mass is 9.77. The molecule has 1 atom stereocenters. The molecule has 2 heterocycles. The summed E-state index contributed by atoms with van der Waals surface area (Å²) < 4.78 is 15.1. The number of carbonyl (C=O) groups is 2.